The summed E-state index contributed by atoms with van der Waals surface area (Å²) in [6, 6.07) is 8.47. The lowest BCUT2D eigenvalue weighted by Gasteiger charge is -2.09. The van der Waals surface area contributed by atoms with Crippen molar-refractivity contribution in [2.75, 3.05) is 18.1 Å². The predicted octanol–water partition coefficient (Wildman–Crippen LogP) is 3.94. The number of hydrogen-bond donors (Lipinski definition) is 1. The second-order valence-electron chi connectivity index (χ2n) is 4.79. The highest BCUT2D eigenvalue weighted by Crippen LogP contribution is 2.24. The van der Waals surface area contributed by atoms with Crippen molar-refractivity contribution in [3.63, 3.8) is 0 Å². The molecular weight excluding hydrogens is 280 g/mol. The molecule has 0 bridgehead atoms. The topological polar surface area (TPSA) is 42.2 Å². The SMILES string of the molecule is CCCNc1nc(-c2ccc(SC)cc2)cn2ccnc12. The number of rotatable bonds is 5. The van der Waals surface area contributed by atoms with E-state index in [1.54, 1.807) is 18.0 Å². The van der Waals surface area contributed by atoms with Gasteiger partial charge >= 0.3 is 0 Å². The molecule has 3 aromatic rings. The van der Waals surface area contributed by atoms with Crippen molar-refractivity contribution >= 4 is 23.2 Å². The number of anilines is 1. The fourth-order valence-electron chi connectivity index (χ4n) is 2.19. The molecule has 2 aromatic heterocycles. The van der Waals surface area contributed by atoms with Gasteiger partial charge in [-0.2, -0.15) is 0 Å². The molecule has 0 radical (unpaired) electrons. The van der Waals surface area contributed by atoms with Crippen LogP contribution in [0.15, 0.2) is 47.8 Å². The normalized spacial score (nSPS) is 11.0. The lowest BCUT2D eigenvalue weighted by Crippen LogP contribution is -2.05. The summed E-state index contributed by atoms with van der Waals surface area (Å²) in [6.07, 6.45) is 8.91. The zero-order chi connectivity index (χ0) is 14.7. The van der Waals surface area contributed by atoms with Gasteiger partial charge in [0.25, 0.3) is 0 Å². The summed E-state index contributed by atoms with van der Waals surface area (Å²) in [7, 11) is 0. The van der Waals surface area contributed by atoms with Crippen molar-refractivity contribution in [3.8, 4) is 11.3 Å². The largest absolute Gasteiger partial charge is 0.367 e. The van der Waals surface area contributed by atoms with Crippen LogP contribution in [-0.4, -0.2) is 27.2 Å². The van der Waals surface area contributed by atoms with E-state index in [0.29, 0.717) is 0 Å². The third-order valence-electron chi connectivity index (χ3n) is 3.30. The minimum atomic E-state index is 0.841. The molecule has 2 heterocycles. The van der Waals surface area contributed by atoms with Gasteiger partial charge < -0.3 is 9.72 Å². The first-order valence-corrected chi connectivity index (χ1v) is 8.26. The van der Waals surface area contributed by atoms with Crippen LogP contribution in [0.4, 0.5) is 5.82 Å². The van der Waals surface area contributed by atoms with Gasteiger partial charge in [0.15, 0.2) is 11.5 Å². The fraction of sp³-hybridized carbons (Fsp3) is 0.250. The molecule has 3 rings (SSSR count). The number of benzene rings is 1. The van der Waals surface area contributed by atoms with Crippen LogP contribution < -0.4 is 5.32 Å². The standard InChI is InChI=1S/C16H18N4S/c1-3-8-17-15-16-18-9-10-20(16)11-14(19-15)12-4-6-13(21-2)7-5-12/h4-7,9-11H,3,8H2,1-2H3,(H,17,19). The van der Waals surface area contributed by atoms with E-state index in [1.165, 1.54) is 4.90 Å². The molecular formula is C16H18N4S. The highest BCUT2D eigenvalue weighted by Gasteiger charge is 2.08. The first kappa shape index (κ1) is 13.9. The third-order valence-corrected chi connectivity index (χ3v) is 4.05. The van der Waals surface area contributed by atoms with Gasteiger partial charge in [-0.15, -0.1) is 11.8 Å². The summed E-state index contributed by atoms with van der Waals surface area (Å²) in [6.45, 7) is 3.03. The Kier molecular flexibility index (Phi) is 4.10. The Morgan fingerprint density at radius 3 is 2.76 bits per heavy atom. The van der Waals surface area contributed by atoms with Gasteiger partial charge in [0.05, 0.1) is 5.69 Å². The van der Waals surface area contributed by atoms with Gasteiger partial charge in [0, 0.05) is 35.6 Å². The molecule has 0 fully saturated rings. The van der Waals surface area contributed by atoms with Crippen LogP contribution in [0.5, 0.6) is 0 Å². The Labute approximate surface area is 128 Å². The van der Waals surface area contributed by atoms with E-state index in [9.17, 15) is 0 Å². The molecule has 0 unspecified atom stereocenters. The average Bonchev–Trinajstić information content (AvgIpc) is 3.01. The smallest absolute Gasteiger partial charge is 0.180 e. The molecule has 0 aliphatic carbocycles. The maximum absolute atomic E-state index is 4.74. The molecule has 5 heteroatoms. The predicted molar refractivity (Wildman–Crippen MR) is 89.0 cm³/mol. The van der Waals surface area contributed by atoms with Crippen LogP contribution in [0.3, 0.4) is 0 Å². The van der Waals surface area contributed by atoms with E-state index >= 15 is 0 Å². The van der Waals surface area contributed by atoms with Crippen LogP contribution >= 0.6 is 11.8 Å². The Morgan fingerprint density at radius 2 is 2.05 bits per heavy atom. The van der Waals surface area contributed by atoms with Crippen LogP contribution in [-0.2, 0) is 0 Å². The Bertz CT molecular complexity index is 734. The number of fused-ring (bicyclic) bond motifs is 1. The quantitative estimate of drug-likeness (QED) is 0.724. The van der Waals surface area contributed by atoms with E-state index < -0.39 is 0 Å². The van der Waals surface area contributed by atoms with E-state index in [4.69, 9.17) is 4.98 Å². The first-order valence-electron chi connectivity index (χ1n) is 7.04. The number of hydrogen-bond acceptors (Lipinski definition) is 4. The molecule has 4 nitrogen and oxygen atoms in total. The van der Waals surface area contributed by atoms with Crippen molar-refractivity contribution in [3.05, 3.63) is 42.9 Å². The van der Waals surface area contributed by atoms with E-state index in [2.05, 4.69) is 47.7 Å². The monoisotopic (exact) mass is 298 g/mol. The van der Waals surface area contributed by atoms with Crippen molar-refractivity contribution in [1.29, 1.82) is 0 Å². The maximum atomic E-state index is 4.74. The van der Waals surface area contributed by atoms with Crippen LogP contribution in [0.2, 0.25) is 0 Å². The van der Waals surface area contributed by atoms with Crippen molar-refractivity contribution in [1.82, 2.24) is 14.4 Å². The number of nitrogens with zero attached hydrogens (tertiary/aromatic N) is 3. The lowest BCUT2D eigenvalue weighted by atomic mass is 10.1. The first-order chi connectivity index (χ1) is 10.3. The summed E-state index contributed by atoms with van der Waals surface area (Å²) in [5.41, 5.74) is 2.93. The van der Waals surface area contributed by atoms with Gasteiger partial charge in [0.1, 0.15) is 0 Å². The van der Waals surface area contributed by atoms with Gasteiger partial charge in [0.2, 0.25) is 0 Å². The van der Waals surface area contributed by atoms with Gasteiger partial charge in [-0.1, -0.05) is 19.1 Å². The third kappa shape index (κ3) is 2.88. The molecule has 0 atom stereocenters. The highest BCUT2D eigenvalue weighted by molar-refractivity contribution is 7.98. The summed E-state index contributed by atoms with van der Waals surface area (Å²) in [5.74, 6) is 0.841. The fourth-order valence-corrected chi connectivity index (χ4v) is 2.60. The molecule has 21 heavy (non-hydrogen) atoms. The number of nitrogens with one attached hydrogen (secondary N) is 1. The molecule has 0 saturated carbocycles. The molecule has 0 aliphatic heterocycles. The Hall–Kier alpha value is -2.01. The van der Waals surface area contributed by atoms with E-state index in [0.717, 1.165) is 35.7 Å². The zero-order valence-electron chi connectivity index (χ0n) is 12.2. The average molecular weight is 298 g/mol. The van der Waals surface area contributed by atoms with E-state index in [1.807, 2.05) is 16.8 Å². The van der Waals surface area contributed by atoms with Crippen molar-refractivity contribution in [2.24, 2.45) is 0 Å². The Morgan fingerprint density at radius 1 is 1.24 bits per heavy atom. The summed E-state index contributed by atoms with van der Waals surface area (Å²) < 4.78 is 2.02. The Balaban J connectivity index is 2.04. The molecule has 1 aromatic carbocycles. The molecule has 1 N–H and O–H groups in total. The zero-order valence-corrected chi connectivity index (χ0v) is 13.0. The minimum absolute atomic E-state index is 0.841. The lowest BCUT2D eigenvalue weighted by molar-refractivity contribution is 0.965. The molecule has 0 saturated heterocycles. The summed E-state index contributed by atoms with van der Waals surface area (Å²) in [4.78, 5) is 10.4. The number of thioether (sulfide) groups is 1. The number of aromatic nitrogens is 3. The second-order valence-corrected chi connectivity index (χ2v) is 5.67. The summed E-state index contributed by atoms with van der Waals surface area (Å²) >= 11 is 1.74. The molecule has 0 spiro atoms. The van der Waals surface area contributed by atoms with Gasteiger partial charge in [-0.25, -0.2) is 9.97 Å². The van der Waals surface area contributed by atoms with Crippen LogP contribution in [0.25, 0.3) is 16.9 Å². The van der Waals surface area contributed by atoms with Crippen LogP contribution in [0, 0.1) is 0 Å². The maximum Gasteiger partial charge on any atom is 0.180 e. The molecule has 0 amide bonds. The molecule has 0 aliphatic rings. The second kappa shape index (κ2) is 6.18. The number of imidazole rings is 1. The summed E-state index contributed by atoms with van der Waals surface area (Å²) in [5, 5.41) is 3.36. The van der Waals surface area contributed by atoms with Crippen LogP contribution in [0.1, 0.15) is 13.3 Å². The van der Waals surface area contributed by atoms with Crippen molar-refractivity contribution < 1.29 is 0 Å². The van der Waals surface area contributed by atoms with Crippen molar-refractivity contribution in [2.45, 2.75) is 18.2 Å². The van der Waals surface area contributed by atoms with Gasteiger partial charge in [-0.3, -0.25) is 0 Å². The minimum Gasteiger partial charge on any atom is -0.367 e. The highest BCUT2D eigenvalue weighted by atomic mass is 32.2. The van der Waals surface area contributed by atoms with Gasteiger partial charge in [-0.05, 0) is 24.8 Å². The van der Waals surface area contributed by atoms with E-state index in [-0.39, 0.29) is 0 Å². The molecule has 108 valence electrons.